The van der Waals surface area contributed by atoms with Crippen molar-refractivity contribution in [1.29, 1.82) is 0 Å². The van der Waals surface area contributed by atoms with Crippen molar-refractivity contribution in [3.05, 3.63) is 11.7 Å². The fourth-order valence-corrected chi connectivity index (χ4v) is 2.21. The molecule has 0 aliphatic carbocycles. The zero-order valence-electron chi connectivity index (χ0n) is 10.8. The van der Waals surface area contributed by atoms with Crippen LogP contribution in [-0.2, 0) is 21.8 Å². The number of carboxylic acids is 1. The molecule has 7 nitrogen and oxygen atoms in total. The van der Waals surface area contributed by atoms with Gasteiger partial charge in [0.25, 0.3) is 0 Å². The van der Waals surface area contributed by atoms with Crippen molar-refractivity contribution in [3.8, 4) is 0 Å². The molecular weight excluding hydrogens is 270 g/mol. The normalized spacial score (nSPS) is 12.4. The smallest absolute Gasteiger partial charge is 0.327 e. The zero-order chi connectivity index (χ0) is 14.3. The van der Waals surface area contributed by atoms with Crippen LogP contribution in [0.1, 0.15) is 25.6 Å². The van der Waals surface area contributed by atoms with Gasteiger partial charge in [-0.2, -0.15) is 16.7 Å². The highest BCUT2D eigenvalue weighted by Crippen LogP contribution is 2.12. The molecule has 0 bridgehead atoms. The molecule has 1 aromatic heterocycles. The molecule has 1 amide bonds. The van der Waals surface area contributed by atoms with E-state index in [2.05, 4.69) is 29.3 Å². The van der Waals surface area contributed by atoms with E-state index in [1.807, 2.05) is 0 Å². The first-order valence-corrected chi connectivity index (χ1v) is 7.00. The molecule has 0 fully saturated rings. The van der Waals surface area contributed by atoms with E-state index in [1.165, 1.54) is 11.8 Å². The van der Waals surface area contributed by atoms with Crippen molar-refractivity contribution in [1.82, 2.24) is 15.5 Å². The minimum absolute atomic E-state index is 0.252. The Morgan fingerprint density at radius 1 is 1.58 bits per heavy atom. The molecule has 0 aliphatic heterocycles. The number of hydrogen-bond acceptors (Lipinski definition) is 6. The number of aliphatic carboxylic acids is 1. The summed E-state index contributed by atoms with van der Waals surface area (Å²) in [4.78, 5) is 25.2. The van der Waals surface area contributed by atoms with Crippen LogP contribution in [0.2, 0.25) is 0 Å². The van der Waals surface area contributed by atoms with Gasteiger partial charge in [-0.3, -0.25) is 4.79 Å². The Hall–Kier alpha value is -1.57. The van der Waals surface area contributed by atoms with Gasteiger partial charge < -0.3 is 14.9 Å². The summed E-state index contributed by atoms with van der Waals surface area (Å²) >= 11 is 1.33. The van der Waals surface area contributed by atoms with E-state index in [4.69, 9.17) is 9.63 Å². The highest BCUT2D eigenvalue weighted by atomic mass is 32.2. The Morgan fingerprint density at radius 2 is 2.32 bits per heavy atom. The molecule has 106 valence electrons. The molecule has 0 saturated carbocycles. The molecule has 0 aromatic carbocycles. The maximum atomic E-state index is 10.8. The molecule has 1 atom stereocenters. The maximum absolute atomic E-state index is 10.8. The fraction of sp³-hybridized carbons (Fsp3) is 0.636. The number of aromatic nitrogens is 2. The summed E-state index contributed by atoms with van der Waals surface area (Å²) in [5.41, 5.74) is 0. The SMILES string of the molecule is CC(C)Cc1nc(CSCC(NC=O)C(=O)O)no1. The second-order valence-electron chi connectivity index (χ2n) is 4.39. The van der Waals surface area contributed by atoms with Crippen molar-refractivity contribution in [2.75, 3.05) is 5.75 Å². The molecule has 2 N–H and O–H groups in total. The Labute approximate surface area is 115 Å². The van der Waals surface area contributed by atoms with Crippen LogP contribution in [0, 0.1) is 5.92 Å². The lowest BCUT2D eigenvalue weighted by Crippen LogP contribution is -2.37. The Kier molecular flexibility index (Phi) is 6.34. The third-order valence-corrected chi connectivity index (χ3v) is 3.21. The second kappa shape index (κ2) is 7.78. The topological polar surface area (TPSA) is 105 Å². The van der Waals surface area contributed by atoms with Gasteiger partial charge in [0.15, 0.2) is 5.82 Å². The quantitative estimate of drug-likeness (QED) is 0.644. The van der Waals surface area contributed by atoms with Crippen LogP contribution >= 0.6 is 11.8 Å². The molecule has 1 rings (SSSR count). The number of nitrogens with one attached hydrogen (secondary N) is 1. The summed E-state index contributed by atoms with van der Waals surface area (Å²) in [7, 11) is 0. The van der Waals surface area contributed by atoms with Crippen LogP contribution in [0.15, 0.2) is 4.52 Å². The van der Waals surface area contributed by atoms with E-state index in [0.29, 0.717) is 29.8 Å². The summed E-state index contributed by atoms with van der Waals surface area (Å²) in [5.74, 6) is 1.21. The minimum atomic E-state index is -1.06. The first kappa shape index (κ1) is 15.5. The number of carboxylic acid groups (broad SMARTS) is 1. The molecule has 0 radical (unpaired) electrons. The third-order valence-electron chi connectivity index (χ3n) is 2.18. The van der Waals surface area contributed by atoms with Crippen LogP contribution in [0.5, 0.6) is 0 Å². The summed E-state index contributed by atoms with van der Waals surface area (Å²) < 4.78 is 5.07. The molecule has 0 aliphatic rings. The average Bonchev–Trinajstić information content (AvgIpc) is 2.74. The van der Waals surface area contributed by atoms with Crippen LogP contribution in [0.4, 0.5) is 0 Å². The number of hydrogen-bond donors (Lipinski definition) is 2. The predicted octanol–water partition coefficient (Wildman–Crippen LogP) is 0.700. The zero-order valence-corrected chi connectivity index (χ0v) is 11.6. The van der Waals surface area contributed by atoms with Gasteiger partial charge in [-0.15, -0.1) is 0 Å². The standard InChI is InChI=1S/C11H17N3O4S/c1-7(2)3-10-13-9(14-18-10)5-19-4-8(11(16)17)12-6-15/h6-8H,3-5H2,1-2H3,(H,12,15)(H,16,17). The van der Waals surface area contributed by atoms with Crippen molar-refractivity contribution in [2.45, 2.75) is 32.1 Å². The summed E-state index contributed by atoms with van der Waals surface area (Å²) in [6.07, 6.45) is 1.11. The number of thioether (sulfide) groups is 1. The van der Waals surface area contributed by atoms with Gasteiger partial charge in [-0.25, -0.2) is 4.79 Å². The lowest BCUT2D eigenvalue weighted by atomic mass is 10.1. The van der Waals surface area contributed by atoms with Gasteiger partial charge in [-0.05, 0) is 5.92 Å². The van der Waals surface area contributed by atoms with Crippen LogP contribution in [-0.4, -0.2) is 39.4 Å². The van der Waals surface area contributed by atoms with Gasteiger partial charge in [0, 0.05) is 12.2 Å². The van der Waals surface area contributed by atoms with E-state index in [0.717, 1.165) is 6.42 Å². The third kappa shape index (κ3) is 5.73. The molecular formula is C11H17N3O4S. The molecule has 19 heavy (non-hydrogen) atoms. The lowest BCUT2D eigenvalue weighted by molar-refractivity contribution is -0.139. The highest BCUT2D eigenvalue weighted by molar-refractivity contribution is 7.98. The number of rotatable bonds is 9. The average molecular weight is 287 g/mol. The van der Waals surface area contributed by atoms with Crippen LogP contribution in [0.3, 0.4) is 0 Å². The Bertz CT molecular complexity index is 422. The Morgan fingerprint density at radius 3 is 2.89 bits per heavy atom. The van der Waals surface area contributed by atoms with Gasteiger partial charge >= 0.3 is 5.97 Å². The largest absolute Gasteiger partial charge is 0.480 e. The van der Waals surface area contributed by atoms with Gasteiger partial charge in [-0.1, -0.05) is 19.0 Å². The van der Waals surface area contributed by atoms with Crippen molar-refractivity contribution in [3.63, 3.8) is 0 Å². The van der Waals surface area contributed by atoms with Crippen molar-refractivity contribution in [2.24, 2.45) is 5.92 Å². The number of nitrogens with zero attached hydrogens (tertiary/aromatic N) is 2. The summed E-state index contributed by atoms with van der Waals surface area (Å²) in [6, 6.07) is -0.899. The second-order valence-corrected chi connectivity index (χ2v) is 5.42. The number of carbonyl (C=O) groups excluding carboxylic acids is 1. The first-order chi connectivity index (χ1) is 9.02. The minimum Gasteiger partial charge on any atom is -0.480 e. The van der Waals surface area contributed by atoms with Crippen molar-refractivity contribution >= 4 is 24.1 Å². The molecule has 0 spiro atoms. The van der Waals surface area contributed by atoms with E-state index in [1.54, 1.807) is 0 Å². The lowest BCUT2D eigenvalue weighted by Gasteiger charge is -2.09. The fourth-order valence-electron chi connectivity index (χ4n) is 1.32. The number of carbonyl (C=O) groups is 2. The van der Waals surface area contributed by atoms with Gasteiger partial charge in [0.2, 0.25) is 12.3 Å². The monoisotopic (exact) mass is 287 g/mol. The van der Waals surface area contributed by atoms with E-state index in [9.17, 15) is 9.59 Å². The molecule has 1 heterocycles. The molecule has 1 aromatic rings. The van der Waals surface area contributed by atoms with Gasteiger partial charge in [0.05, 0.1) is 5.75 Å². The summed E-state index contributed by atoms with van der Waals surface area (Å²) in [6.45, 7) is 4.11. The maximum Gasteiger partial charge on any atom is 0.327 e. The van der Waals surface area contributed by atoms with E-state index in [-0.39, 0.29) is 5.75 Å². The first-order valence-electron chi connectivity index (χ1n) is 5.84. The van der Waals surface area contributed by atoms with Crippen molar-refractivity contribution < 1.29 is 19.2 Å². The van der Waals surface area contributed by atoms with E-state index >= 15 is 0 Å². The summed E-state index contributed by atoms with van der Waals surface area (Å²) in [5, 5.41) is 14.9. The molecule has 0 saturated heterocycles. The van der Waals surface area contributed by atoms with Crippen LogP contribution < -0.4 is 5.32 Å². The Balaban J connectivity index is 2.37. The number of amides is 1. The predicted molar refractivity (Wildman–Crippen MR) is 69.6 cm³/mol. The molecule has 8 heteroatoms. The van der Waals surface area contributed by atoms with Gasteiger partial charge in [0.1, 0.15) is 6.04 Å². The highest BCUT2D eigenvalue weighted by Gasteiger charge is 2.16. The molecule has 1 unspecified atom stereocenters. The van der Waals surface area contributed by atoms with Crippen LogP contribution in [0.25, 0.3) is 0 Å². The van der Waals surface area contributed by atoms with E-state index < -0.39 is 12.0 Å².